The van der Waals surface area contributed by atoms with Gasteiger partial charge in [0, 0.05) is 11.3 Å². The first-order chi connectivity index (χ1) is 16.1. The van der Waals surface area contributed by atoms with Crippen molar-refractivity contribution in [3.63, 3.8) is 0 Å². The number of carboxylic acids is 1. The van der Waals surface area contributed by atoms with Gasteiger partial charge in [-0.3, -0.25) is 15.1 Å². The maximum Gasteiger partial charge on any atom is 0.414 e. The fraction of sp³-hybridized carbons (Fsp3) is 0.174. The van der Waals surface area contributed by atoms with Crippen LogP contribution in [-0.2, 0) is 19.6 Å². The Hall–Kier alpha value is -3.96. The molecule has 1 saturated heterocycles. The SMILES string of the molecule is N=C(N)c1ccc(N2CC(CN(CC(=O)O)S(=O)(=O)c3ccc4ccccc4c3)OC2=O)cc1. The number of sulfonamides is 1. The second kappa shape index (κ2) is 9.12. The van der Waals surface area contributed by atoms with E-state index in [1.807, 2.05) is 12.1 Å². The third kappa shape index (κ3) is 4.70. The summed E-state index contributed by atoms with van der Waals surface area (Å²) in [6.07, 6.45) is -1.56. The zero-order valence-electron chi connectivity index (χ0n) is 17.9. The minimum Gasteiger partial charge on any atom is -0.480 e. The number of anilines is 1. The van der Waals surface area contributed by atoms with Crippen LogP contribution < -0.4 is 10.6 Å². The van der Waals surface area contributed by atoms with E-state index >= 15 is 0 Å². The van der Waals surface area contributed by atoms with E-state index in [4.69, 9.17) is 15.9 Å². The number of amidine groups is 1. The highest BCUT2D eigenvalue weighted by atomic mass is 32.2. The van der Waals surface area contributed by atoms with Gasteiger partial charge < -0.3 is 15.6 Å². The molecular formula is C23H22N4O6S. The molecule has 1 aliphatic heterocycles. The lowest BCUT2D eigenvalue weighted by atomic mass is 10.1. The molecule has 1 unspecified atom stereocenters. The predicted octanol–water partition coefficient (Wildman–Crippen LogP) is 2.22. The third-order valence-electron chi connectivity index (χ3n) is 5.44. The Kier molecular flexibility index (Phi) is 6.22. The van der Waals surface area contributed by atoms with Crippen LogP contribution in [0.25, 0.3) is 10.8 Å². The van der Waals surface area contributed by atoms with E-state index in [-0.39, 0.29) is 23.8 Å². The number of nitrogens with zero attached hydrogens (tertiary/aromatic N) is 2. The number of ether oxygens (including phenoxy) is 1. The number of carbonyl (C=O) groups is 2. The summed E-state index contributed by atoms with van der Waals surface area (Å²) in [6.45, 7) is -1.08. The quantitative estimate of drug-likeness (QED) is 0.328. The van der Waals surface area contributed by atoms with Crippen molar-refractivity contribution in [3.05, 3.63) is 72.3 Å². The second-order valence-corrected chi connectivity index (χ2v) is 9.72. The van der Waals surface area contributed by atoms with Crippen LogP contribution in [0.1, 0.15) is 5.56 Å². The van der Waals surface area contributed by atoms with Gasteiger partial charge in [-0.15, -0.1) is 0 Å². The van der Waals surface area contributed by atoms with Crippen molar-refractivity contribution in [2.45, 2.75) is 11.0 Å². The molecule has 34 heavy (non-hydrogen) atoms. The lowest BCUT2D eigenvalue weighted by Crippen LogP contribution is -2.42. The maximum atomic E-state index is 13.3. The van der Waals surface area contributed by atoms with Crippen molar-refractivity contribution >= 4 is 44.4 Å². The first-order valence-corrected chi connectivity index (χ1v) is 11.7. The number of hydrogen-bond acceptors (Lipinski definition) is 6. The van der Waals surface area contributed by atoms with E-state index in [2.05, 4.69) is 0 Å². The summed E-state index contributed by atoms with van der Waals surface area (Å²) in [5.74, 6) is -1.44. The summed E-state index contributed by atoms with van der Waals surface area (Å²) >= 11 is 0. The molecule has 0 aromatic heterocycles. The smallest absolute Gasteiger partial charge is 0.414 e. The highest BCUT2D eigenvalue weighted by Crippen LogP contribution is 2.26. The normalized spacial score (nSPS) is 16.1. The third-order valence-corrected chi connectivity index (χ3v) is 7.25. The molecular weight excluding hydrogens is 460 g/mol. The average Bonchev–Trinajstić information content (AvgIpc) is 3.18. The molecule has 0 saturated carbocycles. The Labute approximate surface area is 195 Å². The molecule has 0 spiro atoms. The standard InChI is InChI=1S/C23H22N4O6S/c24-22(25)16-5-8-18(9-6-16)27-13-19(33-23(27)30)12-26(14-21(28)29)34(31,32)20-10-7-15-3-1-2-4-17(15)11-20/h1-11,19H,12-14H2,(H3,24,25)(H,28,29). The first kappa shape index (κ1) is 23.2. The van der Waals surface area contributed by atoms with Gasteiger partial charge in [-0.1, -0.05) is 30.3 Å². The second-order valence-electron chi connectivity index (χ2n) is 7.78. The number of nitrogens with two attached hydrogens (primary N) is 1. The molecule has 3 aromatic carbocycles. The molecule has 10 nitrogen and oxygen atoms in total. The lowest BCUT2D eigenvalue weighted by molar-refractivity contribution is -0.137. The number of nitrogen functional groups attached to an aromatic ring is 1. The van der Waals surface area contributed by atoms with Gasteiger partial charge in [0.25, 0.3) is 0 Å². The van der Waals surface area contributed by atoms with Crippen LogP contribution in [0.3, 0.4) is 0 Å². The molecule has 4 N–H and O–H groups in total. The molecule has 1 atom stereocenters. The molecule has 11 heteroatoms. The van der Waals surface area contributed by atoms with Crippen LogP contribution >= 0.6 is 0 Å². The molecule has 176 valence electrons. The summed E-state index contributed by atoms with van der Waals surface area (Å²) in [7, 11) is -4.18. The Morgan fingerprint density at radius 2 is 1.79 bits per heavy atom. The fourth-order valence-corrected chi connectivity index (χ4v) is 5.21. The monoisotopic (exact) mass is 482 g/mol. The average molecular weight is 483 g/mol. The summed E-state index contributed by atoms with van der Waals surface area (Å²) < 4.78 is 32.8. The molecule has 1 aliphatic rings. The number of amides is 1. The lowest BCUT2D eigenvalue weighted by Gasteiger charge is -2.23. The van der Waals surface area contributed by atoms with Crippen LogP contribution in [0.5, 0.6) is 0 Å². The molecule has 1 fully saturated rings. The fourth-order valence-electron chi connectivity index (χ4n) is 3.75. The summed E-state index contributed by atoms with van der Waals surface area (Å²) in [6, 6.07) is 18.2. The Morgan fingerprint density at radius 1 is 1.12 bits per heavy atom. The van der Waals surface area contributed by atoms with Crippen molar-refractivity contribution in [1.82, 2.24) is 4.31 Å². The van der Waals surface area contributed by atoms with Crippen LogP contribution in [0, 0.1) is 5.41 Å². The molecule has 1 heterocycles. The van der Waals surface area contributed by atoms with Gasteiger partial charge in [0.2, 0.25) is 10.0 Å². The number of cyclic esters (lactones) is 1. The first-order valence-electron chi connectivity index (χ1n) is 10.3. The highest BCUT2D eigenvalue weighted by molar-refractivity contribution is 7.89. The zero-order valence-corrected chi connectivity index (χ0v) is 18.7. The van der Waals surface area contributed by atoms with E-state index in [9.17, 15) is 23.1 Å². The number of fused-ring (bicyclic) bond motifs is 1. The minimum absolute atomic E-state index is 0.0294. The van der Waals surface area contributed by atoms with Crippen molar-refractivity contribution < 1.29 is 27.9 Å². The van der Waals surface area contributed by atoms with E-state index in [1.165, 1.54) is 17.0 Å². The van der Waals surface area contributed by atoms with Crippen molar-refractivity contribution in [3.8, 4) is 0 Å². The van der Waals surface area contributed by atoms with Gasteiger partial charge in [0.15, 0.2) is 0 Å². The summed E-state index contributed by atoms with van der Waals surface area (Å²) in [5.41, 5.74) is 6.42. The van der Waals surface area contributed by atoms with E-state index < -0.39 is 34.7 Å². The molecule has 0 bridgehead atoms. The van der Waals surface area contributed by atoms with Crippen LogP contribution in [-0.4, -0.2) is 61.5 Å². The number of aliphatic carboxylic acids is 1. The maximum absolute atomic E-state index is 13.3. The largest absolute Gasteiger partial charge is 0.480 e. The van der Waals surface area contributed by atoms with Gasteiger partial charge in [0.05, 0.1) is 18.0 Å². The molecule has 3 aromatic rings. The van der Waals surface area contributed by atoms with Crippen molar-refractivity contribution in [2.24, 2.45) is 5.73 Å². The molecule has 1 amide bonds. The number of benzene rings is 3. The summed E-state index contributed by atoms with van der Waals surface area (Å²) in [4.78, 5) is 25.2. The van der Waals surface area contributed by atoms with E-state index in [0.29, 0.717) is 16.6 Å². The number of rotatable bonds is 8. The number of nitrogens with one attached hydrogen (secondary N) is 1. The van der Waals surface area contributed by atoms with Gasteiger partial charge in [-0.25, -0.2) is 13.2 Å². The number of hydrogen-bond donors (Lipinski definition) is 3. The Bertz CT molecular complexity index is 1370. The van der Waals surface area contributed by atoms with Crippen LogP contribution in [0.15, 0.2) is 71.6 Å². The number of carbonyl (C=O) groups excluding carboxylic acids is 1. The predicted molar refractivity (Wildman–Crippen MR) is 125 cm³/mol. The topological polar surface area (TPSA) is 154 Å². The van der Waals surface area contributed by atoms with E-state index in [1.54, 1.807) is 42.5 Å². The van der Waals surface area contributed by atoms with Crippen molar-refractivity contribution in [2.75, 3.05) is 24.5 Å². The highest BCUT2D eigenvalue weighted by Gasteiger charge is 2.37. The minimum atomic E-state index is -4.18. The summed E-state index contributed by atoms with van der Waals surface area (Å²) in [5, 5.41) is 18.3. The van der Waals surface area contributed by atoms with Crippen LogP contribution in [0.4, 0.5) is 10.5 Å². The van der Waals surface area contributed by atoms with Crippen LogP contribution in [0.2, 0.25) is 0 Å². The van der Waals surface area contributed by atoms with E-state index in [0.717, 1.165) is 9.69 Å². The van der Waals surface area contributed by atoms with Crippen molar-refractivity contribution in [1.29, 1.82) is 5.41 Å². The van der Waals surface area contributed by atoms with Gasteiger partial charge in [-0.2, -0.15) is 4.31 Å². The van der Waals surface area contributed by atoms with Gasteiger partial charge in [0.1, 0.15) is 18.5 Å². The Morgan fingerprint density at radius 3 is 2.44 bits per heavy atom. The van der Waals surface area contributed by atoms with Gasteiger partial charge in [-0.05, 0) is 47.2 Å². The molecule has 0 radical (unpaired) electrons. The number of carboxylic acid groups (broad SMARTS) is 1. The van der Waals surface area contributed by atoms with Gasteiger partial charge >= 0.3 is 12.1 Å². The molecule has 0 aliphatic carbocycles. The molecule has 4 rings (SSSR count). The Balaban J connectivity index is 1.56. The zero-order chi connectivity index (χ0) is 24.5.